The minimum atomic E-state index is -4.63. The van der Waals surface area contributed by atoms with Crippen LogP contribution in [0, 0.1) is 0 Å². The monoisotopic (exact) mass is 382 g/mol. The Morgan fingerprint density at radius 3 is 2.33 bits per heavy atom. The first-order valence-corrected chi connectivity index (χ1v) is 9.60. The highest BCUT2D eigenvalue weighted by molar-refractivity contribution is 7.91. The molecule has 0 saturated heterocycles. The second kappa shape index (κ2) is 7.24. The Labute approximate surface area is 142 Å². The number of sulfonamides is 1. The van der Waals surface area contributed by atoms with Crippen molar-refractivity contribution in [1.82, 2.24) is 9.46 Å². The molecule has 0 bridgehead atoms. The van der Waals surface area contributed by atoms with E-state index in [0.29, 0.717) is 30.8 Å². The van der Waals surface area contributed by atoms with E-state index >= 15 is 0 Å². The number of thiophene rings is 1. The van der Waals surface area contributed by atoms with Gasteiger partial charge in [-0.3, -0.25) is 0 Å². The van der Waals surface area contributed by atoms with Crippen molar-refractivity contribution in [1.29, 1.82) is 0 Å². The fraction of sp³-hybridized carbons (Fsp3) is 0.500. The lowest BCUT2D eigenvalue weighted by molar-refractivity contribution is -0.155. The molecule has 24 heavy (non-hydrogen) atoms. The Morgan fingerprint density at radius 1 is 1.21 bits per heavy atom. The first-order chi connectivity index (χ1) is 11.2. The first-order valence-electron chi connectivity index (χ1n) is 7.34. The molecule has 10 heteroatoms. The third-order valence-electron chi connectivity index (χ3n) is 3.16. The molecule has 5 nitrogen and oxygen atoms in total. The minimum absolute atomic E-state index is 0.0358. The predicted molar refractivity (Wildman–Crippen MR) is 84.2 cm³/mol. The maximum absolute atomic E-state index is 12.6. The molecule has 0 saturated carbocycles. The Morgan fingerprint density at radius 2 is 1.83 bits per heavy atom. The molecule has 2 aromatic heterocycles. The van der Waals surface area contributed by atoms with Crippen LogP contribution in [0.2, 0.25) is 0 Å². The fourth-order valence-corrected chi connectivity index (χ4v) is 5.14. The number of aromatic nitrogens is 1. The van der Waals surface area contributed by atoms with Crippen LogP contribution in [0.5, 0.6) is 0 Å². The summed E-state index contributed by atoms with van der Waals surface area (Å²) >= 11 is 0.877. The van der Waals surface area contributed by atoms with Gasteiger partial charge in [-0.1, -0.05) is 19.0 Å². The second-order valence-corrected chi connectivity index (χ2v) is 8.35. The van der Waals surface area contributed by atoms with Crippen molar-refractivity contribution < 1.29 is 26.1 Å². The molecule has 0 atom stereocenters. The lowest BCUT2D eigenvalue weighted by Gasteiger charge is -2.19. The van der Waals surface area contributed by atoms with Gasteiger partial charge in [0.1, 0.15) is 9.90 Å². The summed E-state index contributed by atoms with van der Waals surface area (Å²) < 4.78 is 68.7. The molecule has 0 amide bonds. The SMILES string of the molecule is CCCN(CCC)S(=O)(=O)c1ccc(-c2cc(C(F)(F)F)on2)s1. The topological polar surface area (TPSA) is 63.4 Å². The molecule has 2 aromatic rings. The van der Waals surface area contributed by atoms with E-state index in [4.69, 9.17) is 0 Å². The van der Waals surface area contributed by atoms with E-state index in [0.717, 1.165) is 17.4 Å². The average molecular weight is 382 g/mol. The van der Waals surface area contributed by atoms with Crippen LogP contribution >= 0.6 is 11.3 Å². The standard InChI is InChI=1S/C14H17F3N2O3S2/c1-3-7-19(8-4-2)24(20,21)13-6-5-11(23-13)10-9-12(22-18-10)14(15,16)17/h5-6,9H,3-4,7-8H2,1-2H3. The first kappa shape index (κ1) is 18.9. The summed E-state index contributed by atoms with van der Waals surface area (Å²) in [6, 6.07) is 3.58. The van der Waals surface area contributed by atoms with Crippen LogP contribution in [0.3, 0.4) is 0 Å². The molecule has 0 aliphatic carbocycles. The molecule has 2 rings (SSSR count). The number of hydrogen-bond acceptors (Lipinski definition) is 5. The van der Waals surface area contributed by atoms with Crippen molar-refractivity contribution in [2.24, 2.45) is 0 Å². The third-order valence-corrected chi connectivity index (χ3v) is 6.64. The van der Waals surface area contributed by atoms with Gasteiger partial charge in [-0.25, -0.2) is 8.42 Å². The molecule has 0 radical (unpaired) electrons. The molecular weight excluding hydrogens is 365 g/mol. The number of rotatable bonds is 7. The fourth-order valence-electron chi connectivity index (χ4n) is 2.10. The molecule has 0 aliphatic heterocycles. The Hall–Kier alpha value is -1.39. The van der Waals surface area contributed by atoms with E-state index in [2.05, 4.69) is 9.68 Å². The summed E-state index contributed by atoms with van der Waals surface area (Å²) in [6.07, 6.45) is -3.28. The zero-order chi connectivity index (χ0) is 18.0. The Balaban J connectivity index is 2.31. The summed E-state index contributed by atoms with van der Waals surface area (Å²) in [7, 11) is -3.66. The molecule has 2 heterocycles. The summed E-state index contributed by atoms with van der Waals surface area (Å²) in [4.78, 5) is 0.306. The number of nitrogens with zero attached hydrogens (tertiary/aromatic N) is 2. The zero-order valence-corrected chi connectivity index (χ0v) is 14.8. The van der Waals surface area contributed by atoms with Crippen molar-refractivity contribution in [2.45, 2.75) is 37.1 Å². The summed E-state index contributed by atoms with van der Waals surface area (Å²) in [6.45, 7) is 4.55. The van der Waals surface area contributed by atoms with E-state index in [1.54, 1.807) is 0 Å². The van der Waals surface area contributed by atoms with Crippen molar-refractivity contribution in [3.8, 4) is 10.6 Å². The van der Waals surface area contributed by atoms with Crippen LogP contribution in [-0.4, -0.2) is 31.0 Å². The molecule has 0 aliphatic rings. The Kier molecular flexibility index (Phi) is 5.71. The van der Waals surface area contributed by atoms with Gasteiger partial charge in [0.05, 0.1) is 4.88 Å². The lowest BCUT2D eigenvalue weighted by Crippen LogP contribution is -2.32. The molecule has 0 N–H and O–H groups in total. The van der Waals surface area contributed by atoms with Gasteiger partial charge < -0.3 is 4.52 Å². The van der Waals surface area contributed by atoms with E-state index in [9.17, 15) is 21.6 Å². The van der Waals surface area contributed by atoms with Gasteiger partial charge in [0.2, 0.25) is 5.76 Å². The molecule has 0 fully saturated rings. The maximum atomic E-state index is 12.6. The summed E-state index contributed by atoms with van der Waals surface area (Å²) in [5.74, 6) is -1.21. The van der Waals surface area contributed by atoms with Crippen LogP contribution in [0.25, 0.3) is 10.6 Å². The normalized spacial score (nSPS) is 12.9. The van der Waals surface area contributed by atoms with Crippen LogP contribution in [0.1, 0.15) is 32.4 Å². The van der Waals surface area contributed by atoms with E-state index in [1.807, 2.05) is 13.8 Å². The lowest BCUT2D eigenvalue weighted by atomic mass is 10.3. The van der Waals surface area contributed by atoms with Gasteiger partial charge in [0.25, 0.3) is 10.0 Å². The smallest absolute Gasteiger partial charge is 0.351 e. The summed E-state index contributed by atoms with van der Waals surface area (Å²) in [5, 5.41) is 3.37. The van der Waals surface area contributed by atoms with Crippen LogP contribution in [0.15, 0.2) is 26.9 Å². The quantitative estimate of drug-likeness (QED) is 0.719. The van der Waals surface area contributed by atoms with Crippen molar-refractivity contribution in [3.63, 3.8) is 0 Å². The van der Waals surface area contributed by atoms with Gasteiger partial charge in [-0.2, -0.15) is 17.5 Å². The van der Waals surface area contributed by atoms with Gasteiger partial charge in [-0.05, 0) is 25.0 Å². The van der Waals surface area contributed by atoms with E-state index in [1.165, 1.54) is 16.4 Å². The van der Waals surface area contributed by atoms with Gasteiger partial charge in [0, 0.05) is 19.2 Å². The maximum Gasteiger partial charge on any atom is 0.452 e. The minimum Gasteiger partial charge on any atom is -0.351 e. The predicted octanol–water partition coefficient (Wildman–Crippen LogP) is 4.23. The molecular formula is C14H17F3N2O3S2. The highest BCUT2D eigenvalue weighted by atomic mass is 32.2. The van der Waals surface area contributed by atoms with Crippen molar-refractivity contribution in [3.05, 3.63) is 24.0 Å². The zero-order valence-electron chi connectivity index (χ0n) is 13.1. The van der Waals surface area contributed by atoms with Crippen LogP contribution < -0.4 is 0 Å². The second-order valence-electron chi connectivity index (χ2n) is 5.10. The van der Waals surface area contributed by atoms with Crippen molar-refractivity contribution >= 4 is 21.4 Å². The van der Waals surface area contributed by atoms with Crippen molar-refractivity contribution in [2.75, 3.05) is 13.1 Å². The third kappa shape index (κ3) is 3.98. The number of alkyl halides is 3. The highest BCUT2D eigenvalue weighted by Gasteiger charge is 2.36. The number of hydrogen-bond donors (Lipinski definition) is 0. The molecule has 0 unspecified atom stereocenters. The van der Waals surface area contributed by atoms with Gasteiger partial charge >= 0.3 is 6.18 Å². The van der Waals surface area contributed by atoms with Gasteiger partial charge in [0.15, 0.2) is 0 Å². The number of halogens is 3. The highest BCUT2D eigenvalue weighted by Crippen LogP contribution is 2.36. The van der Waals surface area contributed by atoms with Crippen LogP contribution in [-0.2, 0) is 16.2 Å². The van der Waals surface area contributed by atoms with E-state index in [-0.39, 0.29) is 9.90 Å². The van der Waals surface area contributed by atoms with E-state index < -0.39 is 22.0 Å². The average Bonchev–Trinajstić information content (AvgIpc) is 3.15. The summed E-state index contributed by atoms with van der Waals surface area (Å²) in [5.41, 5.74) is -0.0358. The molecule has 0 aromatic carbocycles. The molecule has 0 spiro atoms. The van der Waals surface area contributed by atoms with Gasteiger partial charge in [-0.15, -0.1) is 11.3 Å². The largest absolute Gasteiger partial charge is 0.452 e. The van der Waals surface area contributed by atoms with Crippen LogP contribution in [0.4, 0.5) is 13.2 Å². The molecule has 134 valence electrons. The Bertz CT molecular complexity index is 775.